The van der Waals surface area contributed by atoms with E-state index in [1.165, 1.54) is 11.8 Å². The lowest BCUT2D eigenvalue weighted by atomic mass is 10.2. The van der Waals surface area contributed by atoms with Gasteiger partial charge in [-0.2, -0.15) is 0 Å². The van der Waals surface area contributed by atoms with Gasteiger partial charge in [0.25, 0.3) is 0 Å². The highest BCUT2D eigenvalue weighted by molar-refractivity contribution is 7.99. The van der Waals surface area contributed by atoms with E-state index in [9.17, 15) is 4.79 Å². The van der Waals surface area contributed by atoms with Crippen molar-refractivity contribution in [1.29, 1.82) is 0 Å². The number of aryl methyl sites for hydroxylation is 1. The number of carboxylic acid groups (broad SMARTS) is 1. The molecule has 0 aliphatic rings. The van der Waals surface area contributed by atoms with Crippen LogP contribution in [0.15, 0.2) is 39.1 Å². The normalized spacial score (nSPS) is 12.3. The Morgan fingerprint density at radius 3 is 3.00 bits per heavy atom. The second kappa shape index (κ2) is 5.85. The molecule has 0 fully saturated rings. The minimum absolute atomic E-state index is 0.157. The first-order chi connectivity index (χ1) is 9.04. The molecule has 0 aliphatic heterocycles. The number of carboxylic acids is 1. The average Bonchev–Trinajstić information content (AvgIpc) is 2.76. The molecule has 0 saturated carbocycles. The molecule has 19 heavy (non-hydrogen) atoms. The van der Waals surface area contributed by atoms with Gasteiger partial charge in [-0.3, -0.25) is 4.79 Å². The van der Waals surface area contributed by atoms with Gasteiger partial charge in [-0.25, -0.2) is 9.97 Å². The Morgan fingerprint density at radius 1 is 1.53 bits per heavy atom. The van der Waals surface area contributed by atoms with Crippen LogP contribution in [0, 0.1) is 6.92 Å². The zero-order valence-corrected chi connectivity index (χ0v) is 11.1. The van der Waals surface area contributed by atoms with E-state index in [1.807, 2.05) is 13.0 Å². The second-order valence-corrected chi connectivity index (χ2v) is 4.92. The van der Waals surface area contributed by atoms with Gasteiger partial charge in [-0.15, -0.1) is 0 Å². The first kappa shape index (κ1) is 13.6. The van der Waals surface area contributed by atoms with Crippen molar-refractivity contribution in [2.45, 2.75) is 29.6 Å². The predicted molar refractivity (Wildman–Crippen MR) is 68.9 cm³/mol. The molecule has 2 aromatic heterocycles. The summed E-state index contributed by atoms with van der Waals surface area (Å²) in [5, 5.41) is 9.92. The Labute approximate surface area is 114 Å². The predicted octanol–water partition coefficient (Wildman–Crippen LogP) is 1.48. The monoisotopic (exact) mass is 279 g/mol. The van der Waals surface area contributed by atoms with E-state index in [1.54, 1.807) is 18.3 Å². The SMILES string of the molecule is Cc1ccnc(Sc2ccc(CC(N)C(=O)O)o2)n1. The fraction of sp³-hybridized carbons (Fsp3) is 0.250. The summed E-state index contributed by atoms with van der Waals surface area (Å²) < 4.78 is 5.49. The van der Waals surface area contributed by atoms with Crippen LogP contribution < -0.4 is 5.73 Å². The van der Waals surface area contributed by atoms with Gasteiger partial charge in [-0.05, 0) is 36.9 Å². The first-order valence-corrected chi connectivity index (χ1v) is 6.41. The van der Waals surface area contributed by atoms with Gasteiger partial charge in [0.2, 0.25) is 0 Å². The minimum atomic E-state index is -1.05. The van der Waals surface area contributed by atoms with Gasteiger partial charge < -0.3 is 15.3 Å². The third-order valence-electron chi connectivity index (χ3n) is 2.34. The van der Waals surface area contributed by atoms with Crippen LogP contribution in [0.2, 0.25) is 0 Å². The molecule has 1 unspecified atom stereocenters. The van der Waals surface area contributed by atoms with Crippen LogP contribution in [-0.4, -0.2) is 27.1 Å². The van der Waals surface area contributed by atoms with Crippen LogP contribution in [0.4, 0.5) is 0 Å². The van der Waals surface area contributed by atoms with Gasteiger partial charge in [0.1, 0.15) is 11.8 Å². The zero-order chi connectivity index (χ0) is 13.8. The summed E-state index contributed by atoms with van der Waals surface area (Å²) in [5.41, 5.74) is 6.31. The number of carbonyl (C=O) groups is 1. The fourth-order valence-corrected chi connectivity index (χ4v) is 2.16. The highest BCUT2D eigenvalue weighted by Crippen LogP contribution is 2.26. The Bertz CT molecular complexity index is 585. The van der Waals surface area contributed by atoms with Crippen molar-refractivity contribution >= 4 is 17.7 Å². The number of hydrogen-bond acceptors (Lipinski definition) is 6. The summed E-state index contributed by atoms with van der Waals surface area (Å²) in [6.45, 7) is 1.88. The smallest absolute Gasteiger partial charge is 0.320 e. The lowest BCUT2D eigenvalue weighted by Gasteiger charge is -2.02. The van der Waals surface area contributed by atoms with Gasteiger partial charge in [-0.1, -0.05) is 0 Å². The molecule has 0 saturated heterocycles. The molecule has 0 bridgehead atoms. The summed E-state index contributed by atoms with van der Waals surface area (Å²) in [5.74, 6) is -0.516. The summed E-state index contributed by atoms with van der Waals surface area (Å²) in [7, 11) is 0. The third-order valence-corrected chi connectivity index (χ3v) is 3.14. The highest BCUT2D eigenvalue weighted by Gasteiger charge is 2.15. The van der Waals surface area contributed by atoms with Crippen molar-refractivity contribution in [3.63, 3.8) is 0 Å². The molecule has 2 heterocycles. The van der Waals surface area contributed by atoms with Crippen molar-refractivity contribution in [3.05, 3.63) is 35.9 Å². The van der Waals surface area contributed by atoms with Gasteiger partial charge >= 0.3 is 5.97 Å². The van der Waals surface area contributed by atoms with E-state index in [-0.39, 0.29) is 6.42 Å². The molecule has 0 radical (unpaired) electrons. The van der Waals surface area contributed by atoms with Crippen molar-refractivity contribution in [2.75, 3.05) is 0 Å². The Kier molecular flexibility index (Phi) is 4.18. The largest absolute Gasteiger partial charge is 0.480 e. The molecule has 6 nitrogen and oxygen atoms in total. The molecule has 1 atom stereocenters. The Hall–Kier alpha value is -1.86. The molecule has 0 aliphatic carbocycles. The summed E-state index contributed by atoms with van der Waals surface area (Å²) in [6, 6.07) is 4.31. The van der Waals surface area contributed by atoms with Crippen LogP contribution in [-0.2, 0) is 11.2 Å². The Morgan fingerprint density at radius 2 is 2.32 bits per heavy atom. The zero-order valence-electron chi connectivity index (χ0n) is 10.2. The van der Waals surface area contributed by atoms with Crippen LogP contribution in [0.3, 0.4) is 0 Å². The third kappa shape index (κ3) is 3.80. The van der Waals surface area contributed by atoms with E-state index in [0.717, 1.165) is 5.69 Å². The van der Waals surface area contributed by atoms with Gasteiger partial charge in [0.15, 0.2) is 10.2 Å². The van der Waals surface area contributed by atoms with E-state index >= 15 is 0 Å². The quantitative estimate of drug-likeness (QED) is 0.799. The van der Waals surface area contributed by atoms with Gasteiger partial charge in [0.05, 0.1) is 0 Å². The number of nitrogens with two attached hydrogens (primary N) is 1. The number of rotatable bonds is 5. The van der Waals surface area contributed by atoms with Gasteiger partial charge in [0, 0.05) is 18.3 Å². The van der Waals surface area contributed by atoms with Crippen molar-refractivity contribution in [3.8, 4) is 0 Å². The average molecular weight is 279 g/mol. The molecule has 0 spiro atoms. The van der Waals surface area contributed by atoms with Crippen molar-refractivity contribution in [1.82, 2.24) is 9.97 Å². The summed E-state index contributed by atoms with van der Waals surface area (Å²) in [4.78, 5) is 19.0. The minimum Gasteiger partial charge on any atom is -0.480 e. The van der Waals surface area contributed by atoms with Crippen molar-refractivity contribution < 1.29 is 14.3 Å². The number of furan rings is 1. The van der Waals surface area contributed by atoms with E-state index < -0.39 is 12.0 Å². The maximum atomic E-state index is 10.6. The number of aliphatic carboxylic acids is 1. The Balaban J connectivity index is 2.03. The summed E-state index contributed by atoms with van der Waals surface area (Å²) >= 11 is 1.28. The van der Waals surface area contributed by atoms with E-state index in [0.29, 0.717) is 16.0 Å². The number of hydrogen-bond donors (Lipinski definition) is 2. The van der Waals surface area contributed by atoms with Crippen molar-refractivity contribution in [2.24, 2.45) is 5.73 Å². The molecular weight excluding hydrogens is 266 g/mol. The number of nitrogens with zero attached hydrogens (tertiary/aromatic N) is 2. The standard InChI is InChI=1S/C12H13N3O3S/c1-7-4-5-14-12(15-7)19-10-3-2-8(18-10)6-9(13)11(16)17/h2-5,9H,6,13H2,1H3,(H,16,17). The van der Waals surface area contributed by atoms with Crippen LogP contribution in [0.25, 0.3) is 0 Å². The maximum absolute atomic E-state index is 10.6. The van der Waals surface area contributed by atoms with E-state index in [4.69, 9.17) is 15.3 Å². The van der Waals surface area contributed by atoms with Crippen LogP contribution >= 0.6 is 11.8 Å². The molecule has 7 heteroatoms. The van der Waals surface area contributed by atoms with Crippen LogP contribution in [0.1, 0.15) is 11.5 Å². The fourth-order valence-electron chi connectivity index (χ4n) is 1.39. The lowest BCUT2D eigenvalue weighted by Crippen LogP contribution is -2.32. The molecule has 0 amide bonds. The second-order valence-electron chi connectivity index (χ2n) is 3.95. The number of aromatic nitrogens is 2. The molecular formula is C12H13N3O3S. The topological polar surface area (TPSA) is 102 Å². The molecule has 2 rings (SSSR count). The lowest BCUT2D eigenvalue weighted by molar-refractivity contribution is -0.138. The molecule has 0 aromatic carbocycles. The molecule has 100 valence electrons. The highest BCUT2D eigenvalue weighted by atomic mass is 32.2. The molecule has 3 N–H and O–H groups in total. The van der Waals surface area contributed by atoms with E-state index in [2.05, 4.69) is 9.97 Å². The first-order valence-electron chi connectivity index (χ1n) is 5.59. The summed E-state index contributed by atoms with van der Waals surface area (Å²) in [6.07, 6.45) is 1.83. The maximum Gasteiger partial charge on any atom is 0.320 e. The van der Waals surface area contributed by atoms with Crippen LogP contribution in [0.5, 0.6) is 0 Å². The molecule has 2 aromatic rings.